The molecule has 0 atom stereocenters. The highest BCUT2D eigenvalue weighted by Crippen LogP contribution is 2.02. The molecule has 0 N–H and O–H groups in total. The fourth-order valence-electron chi connectivity index (χ4n) is 1.42. The van der Waals surface area contributed by atoms with E-state index in [0.717, 1.165) is 0 Å². The van der Waals surface area contributed by atoms with Gasteiger partial charge < -0.3 is 9.47 Å². The molecule has 0 radical (unpaired) electrons. The lowest BCUT2D eigenvalue weighted by Gasteiger charge is -2.03. The Morgan fingerprint density at radius 3 is 1.77 bits per heavy atom. The van der Waals surface area contributed by atoms with Crippen LogP contribution in [-0.2, 0) is 19.1 Å². The molecule has 2 heterocycles. The van der Waals surface area contributed by atoms with Gasteiger partial charge in [-0.25, -0.2) is 20.0 Å². The van der Waals surface area contributed by atoms with Crippen LogP contribution in [0.1, 0.15) is 25.7 Å². The van der Waals surface area contributed by atoms with E-state index in [-0.39, 0.29) is 24.9 Å². The molecule has 0 aromatic rings. The van der Waals surface area contributed by atoms with Gasteiger partial charge in [-0.15, -0.1) is 0 Å². The largest absolute Gasteiger partial charge is 0.391 e. The monoisotopic (exact) mass is 302 g/mol. The number of allylic oxidation sites excluding steroid dienone is 2. The highest BCUT2D eigenvalue weighted by atomic mass is 16.6. The van der Waals surface area contributed by atoms with Gasteiger partial charge in [-0.2, -0.15) is 0 Å². The van der Waals surface area contributed by atoms with Crippen molar-refractivity contribution in [2.75, 3.05) is 0 Å². The number of nitrogens with zero attached hydrogens (tertiary/aromatic N) is 4. The number of esters is 2. The first-order valence-corrected chi connectivity index (χ1v) is 6.66. The zero-order chi connectivity index (χ0) is 15.6. The quantitative estimate of drug-likeness (QED) is 0.738. The Bertz CT molecular complexity index is 560. The van der Waals surface area contributed by atoms with Gasteiger partial charge in [0.15, 0.2) is 0 Å². The molecule has 2 aliphatic heterocycles. The summed E-state index contributed by atoms with van der Waals surface area (Å²) in [5.74, 6) is -1.23. The minimum Gasteiger partial charge on any atom is -0.391 e. The second kappa shape index (κ2) is 8.40. The van der Waals surface area contributed by atoms with Crippen LogP contribution in [0.3, 0.4) is 0 Å². The van der Waals surface area contributed by atoms with Crippen LogP contribution in [0.25, 0.3) is 0 Å². The molecule has 0 unspecified atom stereocenters. The van der Waals surface area contributed by atoms with Gasteiger partial charge in [0.2, 0.25) is 0 Å². The molecule has 8 nitrogen and oxygen atoms in total. The van der Waals surface area contributed by atoms with Crippen molar-refractivity contribution in [3.8, 4) is 0 Å². The molecule has 114 valence electrons. The van der Waals surface area contributed by atoms with Crippen LogP contribution in [0.15, 0.2) is 44.5 Å². The first-order valence-electron chi connectivity index (χ1n) is 6.66. The molecule has 2 aliphatic rings. The van der Waals surface area contributed by atoms with Crippen LogP contribution in [0, 0.1) is 0 Å². The maximum Gasteiger partial charge on any atom is 0.323 e. The molecular weight excluding hydrogens is 288 g/mol. The maximum absolute atomic E-state index is 11.6. The minimum atomic E-state index is -0.616. The third kappa shape index (κ3) is 5.61. The molecule has 0 saturated carbocycles. The summed E-state index contributed by atoms with van der Waals surface area (Å²) in [7, 11) is 0. The van der Waals surface area contributed by atoms with E-state index in [1.807, 2.05) is 0 Å². The first-order chi connectivity index (χ1) is 10.7. The first kappa shape index (κ1) is 15.5. The Morgan fingerprint density at radius 2 is 1.32 bits per heavy atom. The molecule has 0 spiro atoms. The normalized spacial score (nSPS) is 16.4. The van der Waals surface area contributed by atoms with E-state index in [1.165, 1.54) is 12.4 Å². The summed E-state index contributed by atoms with van der Waals surface area (Å²) in [6, 6.07) is -0.0926. The number of carbonyl (C=O) groups is 2. The van der Waals surface area contributed by atoms with E-state index in [0.29, 0.717) is 12.8 Å². The predicted octanol–water partition coefficient (Wildman–Crippen LogP) is 1.54. The zero-order valence-electron chi connectivity index (χ0n) is 11.7. The van der Waals surface area contributed by atoms with E-state index in [9.17, 15) is 9.59 Å². The van der Waals surface area contributed by atoms with Crippen molar-refractivity contribution in [3.63, 3.8) is 0 Å². The molecule has 8 heteroatoms. The number of rotatable bonds is 3. The summed E-state index contributed by atoms with van der Waals surface area (Å²) in [6.07, 6.45) is 10.6. The van der Waals surface area contributed by atoms with Crippen LogP contribution in [0.5, 0.6) is 0 Å². The van der Waals surface area contributed by atoms with Gasteiger partial charge >= 0.3 is 24.0 Å². The molecule has 0 aliphatic carbocycles. The molecule has 2 rings (SSSR count). The van der Waals surface area contributed by atoms with Gasteiger partial charge in [-0.3, -0.25) is 9.59 Å². The summed E-state index contributed by atoms with van der Waals surface area (Å²) in [6.45, 7) is 0. The minimum absolute atomic E-state index is 0.0463. The van der Waals surface area contributed by atoms with Crippen LogP contribution < -0.4 is 0 Å². The third-order valence-electron chi connectivity index (χ3n) is 2.41. The van der Waals surface area contributed by atoms with Gasteiger partial charge in [-0.05, 0) is 0 Å². The third-order valence-corrected chi connectivity index (χ3v) is 2.41. The number of hydrogen-bond donors (Lipinski definition) is 0. The zero-order valence-corrected chi connectivity index (χ0v) is 11.7. The van der Waals surface area contributed by atoms with Crippen LogP contribution in [-0.4, -0.2) is 36.4 Å². The lowest BCUT2D eigenvalue weighted by molar-refractivity contribution is -0.142. The number of carbonyl (C=O) groups excluding carboxylic acids is 2. The van der Waals surface area contributed by atoms with E-state index >= 15 is 0 Å². The number of hydrogen-bond acceptors (Lipinski definition) is 8. The molecular formula is C14H14N4O4. The average Bonchev–Trinajstić information content (AvgIpc) is 2.90. The van der Waals surface area contributed by atoms with E-state index < -0.39 is 11.9 Å². The summed E-state index contributed by atoms with van der Waals surface area (Å²) >= 11 is 0. The molecule has 0 fully saturated rings. The Kier molecular flexibility index (Phi) is 5.91. The summed E-state index contributed by atoms with van der Waals surface area (Å²) in [5.41, 5.74) is 0. The van der Waals surface area contributed by atoms with Crippen molar-refractivity contribution >= 4 is 36.4 Å². The van der Waals surface area contributed by atoms with Crippen LogP contribution >= 0.6 is 0 Å². The van der Waals surface area contributed by atoms with E-state index in [4.69, 9.17) is 9.47 Å². The number of ether oxygens (including phenoxy) is 2. The van der Waals surface area contributed by atoms with Gasteiger partial charge in [-0.1, -0.05) is 12.2 Å². The highest BCUT2D eigenvalue weighted by molar-refractivity contribution is 5.95. The van der Waals surface area contributed by atoms with Gasteiger partial charge in [0.05, 0.1) is 12.8 Å². The highest BCUT2D eigenvalue weighted by Gasteiger charge is 2.14. The molecule has 22 heavy (non-hydrogen) atoms. The fraction of sp³-hybridized carbons (Fsp3) is 0.286. The molecule has 0 amide bonds. The predicted molar refractivity (Wildman–Crippen MR) is 80.8 cm³/mol. The Balaban J connectivity index is 1.75. The van der Waals surface area contributed by atoms with Crippen molar-refractivity contribution in [2.24, 2.45) is 20.0 Å². The molecule has 0 aromatic heterocycles. The van der Waals surface area contributed by atoms with Crippen molar-refractivity contribution in [1.29, 1.82) is 0 Å². The second-order valence-corrected chi connectivity index (χ2v) is 4.14. The van der Waals surface area contributed by atoms with E-state index in [2.05, 4.69) is 20.0 Å². The summed E-state index contributed by atoms with van der Waals surface area (Å²) < 4.78 is 9.83. The fourth-order valence-corrected chi connectivity index (χ4v) is 1.42. The Hall–Kier alpha value is -2.90. The van der Waals surface area contributed by atoms with Crippen molar-refractivity contribution in [1.82, 2.24) is 0 Å². The van der Waals surface area contributed by atoms with Crippen molar-refractivity contribution < 1.29 is 19.1 Å². The maximum atomic E-state index is 11.6. The molecule has 0 bridgehead atoms. The van der Waals surface area contributed by atoms with Crippen LogP contribution in [0.2, 0.25) is 0 Å². The van der Waals surface area contributed by atoms with Crippen molar-refractivity contribution in [2.45, 2.75) is 25.7 Å². The van der Waals surface area contributed by atoms with Gasteiger partial charge in [0.25, 0.3) is 0 Å². The summed E-state index contributed by atoms with van der Waals surface area (Å²) in [4.78, 5) is 38.5. The SMILES string of the molecule is O=C(CCC(=O)OC1=NC=CCC=N1)OC1=NC=CCC=N1. The Morgan fingerprint density at radius 1 is 0.864 bits per heavy atom. The Labute approximate surface area is 126 Å². The number of aliphatic imine (C=N–C) groups is 4. The van der Waals surface area contributed by atoms with E-state index in [1.54, 1.807) is 24.6 Å². The standard InChI is InChI=1S/C14H14N4O4/c19-11(21-13-15-7-1-2-8-16-13)5-6-12(20)22-14-17-9-3-4-10-18-14/h1,3,7-10H,2,4-6H2. The molecule has 0 saturated heterocycles. The smallest absolute Gasteiger partial charge is 0.323 e. The van der Waals surface area contributed by atoms with Crippen LogP contribution in [0.4, 0.5) is 0 Å². The lowest BCUT2D eigenvalue weighted by Crippen LogP contribution is -2.15. The summed E-state index contributed by atoms with van der Waals surface area (Å²) in [5, 5.41) is 0. The topological polar surface area (TPSA) is 102 Å². The van der Waals surface area contributed by atoms with Gasteiger partial charge in [0.1, 0.15) is 0 Å². The molecule has 0 aromatic carbocycles. The van der Waals surface area contributed by atoms with Gasteiger partial charge in [0, 0.05) is 37.7 Å². The van der Waals surface area contributed by atoms with Crippen molar-refractivity contribution in [3.05, 3.63) is 24.6 Å². The average molecular weight is 302 g/mol. The number of amidine groups is 2. The second-order valence-electron chi connectivity index (χ2n) is 4.14. The lowest BCUT2D eigenvalue weighted by atomic mass is 10.3.